The molecule has 0 spiro atoms. The predicted octanol–water partition coefficient (Wildman–Crippen LogP) is 1.53. The molecule has 1 saturated carbocycles. The van der Waals surface area contributed by atoms with E-state index in [1.54, 1.807) is 11.6 Å². The molecule has 1 aliphatic heterocycles. The average molecular weight is 328 g/mol. The number of nitrogens with zero attached hydrogens (tertiary/aromatic N) is 4. The molecular formula is C17H20N4O3. The second-order valence-electron chi connectivity index (χ2n) is 6.78. The SMILES string of the molecule is C[C@H](O)c1nc(N2CC3CC3C2)ccc1Cn1cc(C(=O)O)cn1. The number of rotatable bonds is 5. The molecule has 0 radical (unpaired) electrons. The van der Waals surface area contributed by atoms with Crippen molar-refractivity contribution in [2.24, 2.45) is 11.8 Å². The van der Waals surface area contributed by atoms with Gasteiger partial charge in [0.25, 0.3) is 0 Å². The van der Waals surface area contributed by atoms with Crippen molar-refractivity contribution in [2.45, 2.75) is 26.0 Å². The first-order chi connectivity index (χ1) is 11.5. The van der Waals surface area contributed by atoms with Crippen LogP contribution >= 0.6 is 0 Å². The number of aromatic nitrogens is 3. The number of aliphatic hydroxyl groups excluding tert-OH is 1. The standard InChI is InChI=1S/C17H20N4O3/c1-10(22)16-11(8-21-9-14(5-18-21)17(23)24)2-3-15(19-16)20-6-12-4-13(12)7-20/h2-3,5,9-10,12-13,22H,4,6-8H2,1H3,(H,23,24)/t10-,12?,13?/m0/s1. The number of carboxylic acid groups (broad SMARTS) is 1. The molecule has 0 amide bonds. The molecule has 126 valence electrons. The van der Waals surface area contributed by atoms with Crippen molar-refractivity contribution in [2.75, 3.05) is 18.0 Å². The van der Waals surface area contributed by atoms with Crippen molar-refractivity contribution in [3.63, 3.8) is 0 Å². The van der Waals surface area contributed by atoms with Crippen LogP contribution in [0.25, 0.3) is 0 Å². The van der Waals surface area contributed by atoms with Gasteiger partial charge in [0.1, 0.15) is 5.82 Å². The van der Waals surface area contributed by atoms with E-state index in [0.717, 1.165) is 36.3 Å². The third-order valence-corrected chi connectivity index (χ3v) is 4.91. The topological polar surface area (TPSA) is 91.5 Å². The Balaban J connectivity index is 1.58. The number of hydrogen-bond donors (Lipinski definition) is 2. The molecule has 24 heavy (non-hydrogen) atoms. The van der Waals surface area contributed by atoms with Gasteiger partial charge in [0.05, 0.1) is 30.1 Å². The third-order valence-electron chi connectivity index (χ3n) is 4.91. The zero-order valence-corrected chi connectivity index (χ0v) is 13.5. The van der Waals surface area contributed by atoms with Gasteiger partial charge in [-0.2, -0.15) is 5.10 Å². The van der Waals surface area contributed by atoms with E-state index < -0.39 is 12.1 Å². The third kappa shape index (κ3) is 2.75. The Hall–Kier alpha value is -2.41. The summed E-state index contributed by atoms with van der Waals surface area (Å²) in [4.78, 5) is 17.9. The molecule has 4 rings (SSSR count). The average Bonchev–Trinajstić information content (AvgIpc) is 2.97. The Morgan fingerprint density at radius 2 is 2.12 bits per heavy atom. The first-order valence-electron chi connectivity index (χ1n) is 8.20. The van der Waals surface area contributed by atoms with Crippen molar-refractivity contribution in [1.82, 2.24) is 14.8 Å². The number of hydrogen-bond acceptors (Lipinski definition) is 5. The number of carboxylic acids is 1. The van der Waals surface area contributed by atoms with Crippen LogP contribution in [0.1, 0.15) is 41.1 Å². The van der Waals surface area contributed by atoms with Crippen molar-refractivity contribution >= 4 is 11.8 Å². The number of fused-ring (bicyclic) bond motifs is 1. The van der Waals surface area contributed by atoms with E-state index in [1.807, 2.05) is 12.1 Å². The summed E-state index contributed by atoms with van der Waals surface area (Å²) in [5.41, 5.74) is 1.62. The highest BCUT2D eigenvalue weighted by Crippen LogP contribution is 2.46. The van der Waals surface area contributed by atoms with Crippen LogP contribution in [0.3, 0.4) is 0 Å². The summed E-state index contributed by atoms with van der Waals surface area (Å²) >= 11 is 0. The second kappa shape index (κ2) is 5.59. The van der Waals surface area contributed by atoms with E-state index in [-0.39, 0.29) is 5.56 Å². The molecule has 0 aromatic carbocycles. The van der Waals surface area contributed by atoms with Crippen molar-refractivity contribution in [3.8, 4) is 0 Å². The molecule has 3 heterocycles. The lowest BCUT2D eigenvalue weighted by atomic mass is 10.1. The Bertz CT molecular complexity index is 776. The van der Waals surface area contributed by atoms with Gasteiger partial charge in [-0.25, -0.2) is 9.78 Å². The van der Waals surface area contributed by atoms with Crippen LogP contribution in [-0.2, 0) is 6.54 Å². The van der Waals surface area contributed by atoms with E-state index in [4.69, 9.17) is 5.11 Å². The maximum Gasteiger partial charge on any atom is 0.338 e. The number of carbonyl (C=O) groups is 1. The molecule has 2 aliphatic rings. The molecule has 1 saturated heterocycles. The Morgan fingerprint density at radius 1 is 1.38 bits per heavy atom. The zero-order valence-electron chi connectivity index (χ0n) is 13.5. The van der Waals surface area contributed by atoms with E-state index in [2.05, 4.69) is 15.0 Å². The molecule has 2 aromatic heterocycles. The summed E-state index contributed by atoms with van der Waals surface area (Å²) in [6, 6.07) is 3.93. The molecule has 2 N–H and O–H groups in total. The maximum absolute atomic E-state index is 11.0. The quantitative estimate of drug-likeness (QED) is 0.865. The fraction of sp³-hybridized carbons (Fsp3) is 0.471. The monoisotopic (exact) mass is 328 g/mol. The van der Waals surface area contributed by atoms with Crippen LogP contribution in [0.15, 0.2) is 24.5 Å². The molecule has 3 atom stereocenters. The van der Waals surface area contributed by atoms with Crippen molar-refractivity contribution in [3.05, 3.63) is 41.3 Å². The fourth-order valence-electron chi connectivity index (χ4n) is 3.48. The van der Waals surface area contributed by atoms with E-state index in [1.165, 1.54) is 18.8 Å². The van der Waals surface area contributed by atoms with Gasteiger partial charge in [-0.3, -0.25) is 4.68 Å². The minimum Gasteiger partial charge on any atom is -0.478 e. The van der Waals surface area contributed by atoms with Gasteiger partial charge >= 0.3 is 5.97 Å². The number of aromatic carboxylic acids is 1. The van der Waals surface area contributed by atoms with Gasteiger partial charge in [0, 0.05) is 19.3 Å². The van der Waals surface area contributed by atoms with Gasteiger partial charge in [-0.05, 0) is 36.8 Å². The summed E-state index contributed by atoms with van der Waals surface area (Å²) in [6.45, 7) is 4.18. The van der Waals surface area contributed by atoms with Crippen LogP contribution in [0, 0.1) is 11.8 Å². The molecular weight excluding hydrogens is 308 g/mol. The molecule has 2 fully saturated rings. The first-order valence-corrected chi connectivity index (χ1v) is 8.20. The van der Waals surface area contributed by atoms with Gasteiger partial charge in [0.15, 0.2) is 0 Å². The van der Waals surface area contributed by atoms with Gasteiger partial charge < -0.3 is 15.1 Å². The predicted molar refractivity (Wildman–Crippen MR) is 87.0 cm³/mol. The van der Waals surface area contributed by atoms with Gasteiger partial charge in [0.2, 0.25) is 0 Å². The smallest absolute Gasteiger partial charge is 0.338 e. The largest absolute Gasteiger partial charge is 0.478 e. The van der Waals surface area contributed by atoms with Gasteiger partial charge in [-0.15, -0.1) is 0 Å². The normalized spacial score (nSPS) is 23.2. The lowest BCUT2D eigenvalue weighted by Gasteiger charge is -2.21. The summed E-state index contributed by atoms with van der Waals surface area (Å²) < 4.78 is 1.55. The second-order valence-corrected chi connectivity index (χ2v) is 6.78. The highest BCUT2D eigenvalue weighted by atomic mass is 16.4. The summed E-state index contributed by atoms with van der Waals surface area (Å²) in [5.74, 6) is 1.55. The highest BCUT2D eigenvalue weighted by Gasteiger charge is 2.45. The highest BCUT2D eigenvalue weighted by molar-refractivity contribution is 5.86. The van der Waals surface area contributed by atoms with Crippen LogP contribution < -0.4 is 4.90 Å². The summed E-state index contributed by atoms with van der Waals surface area (Å²) in [6.07, 6.45) is 3.45. The minimum absolute atomic E-state index is 0.148. The van der Waals surface area contributed by atoms with E-state index in [0.29, 0.717) is 12.2 Å². The van der Waals surface area contributed by atoms with Crippen LogP contribution in [0.5, 0.6) is 0 Å². The van der Waals surface area contributed by atoms with Crippen LogP contribution in [0.4, 0.5) is 5.82 Å². The molecule has 7 heteroatoms. The Labute approximate surface area is 139 Å². The lowest BCUT2D eigenvalue weighted by Crippen LogP contribution is -2.23. The molecule has 1 aliphatic carbocycles. The molecule has 2 unspecified atom stereocenters. The minimum atomic E-state index is -1.00. The molecule has 2 aromatic rings. The van der Waals surface area contributed by atoms with Gasteiger partial charge in [-0.1, -0.05) is 6.07 Å². The summed E-state index contributed by atoms with van der Waals surface area (Å²) in [5, 5.41) is 23.1. The van der Waals surface area contributed by atoms with Crippen molar-refractivity contribution in [1.29, 1.82) is 0 Å². The van der Waals surface area contributed by atoms with E-state index >= 15 is 0 Å². The van der Waals surface area contributed by atoms with Crippen LogP contribution in [-0.4, -0.2) is 44.0 Å². The molecule has 7 nitrogen and oxygen atoms in total. The van der Waals surface area contributed by atoms with Crippen molar-refractivity contribution < 1.29 is 15.0 Å². The number of anilines is 1. The first kappa shape index (κ1) is 15.1. The number of pyridine rings is 1. The number of aliphatic hydroxyl groups is 1. The summed E-state index contributed by atoms with van der Waals surface area (Å²) in [7, 11) is 0. The van der Waals surface area contributed by atoms with E-state index in [9.17, 15) is 9.90 Å². The lowest BCUT2D eigenvalue weighted by molar-refractivity contribution is 0.0696. The molecule has 0 bridgehead atoms. The number of piperidine rings is 1. The fourth-order valence-corrected chi connectivity index (χ4v) is 3.48. The maximum atomic E-state index is 11.0. The zero-order chi connectivity index (χ0) is 16.8. The Morgan fingerprint density at radius 3 is 2.75 bits per heavy atom. The van der Waals surface area contributed by atoms with Crippen LogP contribution in [0.2, 0.25) is 0 Å². The Kier molecular flexibility index (Phi) is 3.53.